The van der Waals surface area contributed by atoms with Crippen LogP contribution in [0.4, 0.5) is 24.5 Å². The third kappa shape index (κ3) is 3.21. The zero-order valence-electron chi connectivity index (χ0n) is 15.0. The van der Waals surface area contributed by atoms with Gasteiger partial charge in [-0.2, -0.15) is 5.10 Å². The van der Waals surface area contributed by atoms with Gasteiger partial charge >= 0.3 is 0 Å². The highest BCUT2D eigenvalue weighted by atomic mass is 19.2. The number of nitrogens with zero attached hydrogens (tertiary/aromatic N) is 3. The summed E-state index contributed by atoms with van der Waals surface area (Å²) in [4.78, 5) is 14.4. The predicted molar refractivity (Wildman–Crippen MR) is 98.7 cm³/mol. The summed E-state index contributed by atoms with van der Waals surface area (Å²) in [6.07, 6.45) is 0. The Kier molecular flexibility index (Phi) is 4.54. The number of carbonyl (C=O) groups is 1. The summed E-state index contributed by atoms with van der Waals surface area (Å²) in [5.41, 5.74) is 1.55. The van der Waals surface area contributed by atoms with Crippen molar-refractivity contribution in [1.82, 2.24) is 9.78 Å². The molecular formula is C20H17F3N4O. The number of hydrogen-bond donors (Lipinski definition) is 1. The maximum Gasteiger partial charge on any atom is 0.276 e. The van der Waals surface area contributed by atoms with E-state index in [9.17, 15) is 18.0 Å². The molecule has 2 heterocycles. The van der Waals surface area contributed by atoms with Gasteiger partial charge in [0.2, 0.25) is 0 Å². The van der Waals surface area contributed by atoms with Crippen LogP contribution in [0.5, 0.6) is 0 Å². The van der Waals surface area contributed by atoms with Gasteiger partial charge in [0.05, 0.1) is 24.0 Å². The average Bonchev–Trinajstić information content (AvgIpc) is 3.12. The molecule has 1 atom stereocenters. The van der Waals surface area contributed by atoms with Crippen LogP contribution in [-0.2, 0) is 6.54 Å². The number of benzene rings is 2. The van der Waals surface area contributed by atoms with Gasteiger partial charge in [0.15, 0.2) is 11.6 Å². The van der Waals surface area contributed by atoms with E-state index in [0.29, 0.717) is 23.6 Å². The molecule has 5 nitrogen and oxygen atoms in total. The minimum absolute atomic E-state index is 0.0262. The summed E-state index contributed by atoms with van der Waals surface area (Å²) in [7, 11) is 0. The van der Waals surface area contributed by atoms with E-state index in [1.807, 2.05) is 6.92 Å². The Morgan fingerprint density at radius 2 is 1.89 bits per heavy atom. The molecule has 1 aliphatic heterocycles. The minimum atomic E-state index is -0.960. The highest BCUT2D eigenvalue weighted by Crippen LogP contribution is 2.27. The molecule has 3 aromatic rings. The topological polar surface area (TPSA) is 50.2 Å². The van der Waals surface area contributed by atoms with Crippen molar-refractivity contribution >= 4 is 17.3 Å². The van der Waals surface area contributed by atoms with E-state index in [0.717, 1.165) is 6.07 Å². The number of anilines is 2. The lowest BCUT2D eigenvalue weighted by atomic mass is 10.1. The highest BCUT2D eigenvalue weighted by Gasteiger charge is 2.31. The molecule has 1 aliphatic rings. The molecule has 0 saturated heterocycles. The third-order valence-electron chi connectivity index (χ3n) is 4.66. The van der Waals surface area contributed by atoms with Gasteiger partial charge < -0.3 is 10.2 Å². The second-order valence-electron chi connectivity index (χ2n) is 6.66. The lowest BCUT2D eigenvalue weighted by molar-refractivity contribution is 0.0953. The van der Waals surface area contributed by atoms with Crippen LogP contribution in [0.1, 0.15) is 29.1 Å². The summed E-state index contributed by atoms with van der Waals surface area (Å²) in [5.74, 6) is -2.52. The molecule has 1 N–H and O–H groups in total. The molecule has 2 aromatic carbocycles. The van der Waals surface area contributed by atoms with E-state index in [2.05, 4.69) is 10.4 Å². The Morgan fingerprint density at radius 1 is 1.14 bits per heavy atom. The van der Waals surface area contributed by atoms with Crippen molar-refractivity contribution in [2.24, 2.45) is 0 Å². The van der Waals surface area contributed by atoms with Gasteiger partial charge in [-0.3, -0.25) is 9.48 Å². The zero-order chi connectivity index (χ0) is 19.8. The third-order valence-corrected chi connectivity index (χ3v) is 4.66. The number of amides is 1. The van der Waals surface area contributed by atoms with E-state index in [-0.39, 0.29) is 30.0 Å². The molecule has 0 bridgehead atoms. The van der Waals surface area contributed by atoms with Gasteiger partial charge in [-0.1, -0.05) is 6.07 Å². The van der Waals surface area contributed by atoms with Crippen molar-refractivity contribution in [3.8, 4) is 0 Å². The molecule has 0 aliphatic carbocycles. The van der Waals surface area contributed by atoms with Gasteiger partial charge in [-0.15, -0.1) is 0 Å². The van der Waals surface area contributed by atoms with Gasteiger partial charge in [-0.25, -0.2) is 13.2 Å². The molecule has 0 unspecified atom stereocenters. The largest absolute Gasteiger partial charge is 0.377 e. The van der Waals surface area contributed by atoms with Crippen LogP contribution in [0.3, 0.4) is 0 Å². The normalized spacial score (nSPS) is 16.2. The summed E-state index contributed by atoms with van der Waals surface area (Å²) < 4.78 is 41.9. The summed E-state index contributed by atoms with van der Waals surface area (Å²) >= 11 is 0. The maximum absolute atomic E-state index is 13.8. The molecule has 8 heteroatoms. The van der Waals surface area contributed by atoms with E-state index in [1.165, 1.54) is 24.3 Å². The minimum Gasteiger partial charge on any atom is -0.377 e. The fourth-order valence-electron chi connectivity index (χ4n) is 3.26. The lowest BCUT2D eigenvalue weighted by Crippen LogP contribution is -2.42. The van der Waals surface area contributed by atoms with E-state index >= 15 is 0 Å². The second-order valence-corrected chi connectivity index (χ2v) is 6.66. The molecular weight excluding hydrogens is 369 g/mol. The highest BCUT2D eigenvalue weighted by molar-refractivity contribution is 6.05. The van der Waals surface area contributed by atoms with Crippen LogP contribution in [0.25, 0.3) is 0 Å². The molecule has 144 valence electrons. The summed E-state index contributed by atoms with van der Waals surface area (Å²) in [6.45, 7) is 2.45. The van der Waals surface area contributed by atoms with Crippen molar-refractivity contribution in [2.75, 3.05) is 16.8 Å². The fraction of sp³-hybridized carbons (Fsp3) is 0.200. The van der Waals surface area contributed by atoms with Gasteiger partial charge in [0.1, 0.15) is 11.5 Å². The van der Waals surface area contributed by atoms with E-state index in [4.69, 9.17) is 0 Å². The van der Waals surface area contributed by atoms with Gasteiger partial charge in [0.25, 0.3) is 5.91 Å². The monoisotopic (exact) mass is 386 g/mol. The number of hydrogen-bond acceptors (Lipinski definition) is 3. The lowest BCUT2D eigenvalue weighted by Gasteiger charge is -2.31. The Labute approximate surface area is 159 Å². The van der Waals surface area contributed by atoms with Crippen LogP contribution in [0.15, 0.2) is 48.5 Å². The van der Waals surface area contributed by atoms with Crippen LogP contribution in [-0.4, -0.2) is 22.2 Å². The molecule has 1 aromatic heterocycles. The van der Waals surface area contributed by atoms with Gasteiger partial charge in [0, 0.05) is 12.2 Å². The van der Waals surface area contributed by atoms with Crippen molar-refractivity contribution in [3.63, 3.8) is 0 Å². The quantitative estimate of drug-likeness (QED) is 0.733. The fourth-order valence-corrected chi connectivity index (χ4v) is 3.26. The first kappa shape index (κ1) is 18.1. The number of aromatic nitrogens is 2. The first-order valence-corrected chi connectivity index (χ1v) is 8.78. The van der Waals surface area contributed by atoms with Crippen LogP contribution < -0.4 is 10.2 Å². The Hall–Kier alpha value is -3.29. The molecule has 0 radical (unpaired) electrons. The maximum atomic E-state index is 13.8. The predicted octanol–water partition coefficient (Wildman–Crippen LogP) is 4.13. The number of fused-ring (bicyclic) bond motifs is 1. The summed E-state index contributed by atoms with van der Waals surface area (Å²) in [5, 5.41) is 7.22. The Bertz CT molecular complexity index is 1030. The van der Waals surface area contributed by atoms with Crippen molar-refractivity contribution in [1.29, 1.82) is 0 Å². The molecule has 0 spiro atoms. The van der Waals surface area contributed by atoms with Crippen molar-refractivity contribution in [2.45, 2.75) is 19.5 Å². The molecule has 0 saturated carbocycles. The van der Waals surface area contributed by atoms with E-state index < -0.39 is 11.6 Å². The average molecular weight is 386 g/mol. The standard InChI is InChI=1S/C20H17F3N4O/c1-12-11-26(15-7-5-13(21)6-8-15)20(28)18-9-14(25-27(12)18)10-24-17-4-2-3-16(22)19(17)23/h2-9,12,24H,10-11H2,1H3/t12-/m0/s1. The number of nitrogens with one attached hydrogen (secondary N) is 1. The Balaban J connectivity index is 1.56. The van der Waals surface area contributed by atoms with Crippen molar-refractivity contribution in [3.05, 3.63) is 77.4 Å². The first-order chi connectivity index (χ1) is 13.4. The smallest absolute Gasteiger partial charge is 0.276 e. The number of carbonyl (C=O) groups excluding carboxylic acids is 1. The van der Waals surface area contributed by atoms with Gasteiger partial charge in [-0.05, 0) is 49.4 Å². The van der Waals surface area contributed by atoms with Crippen LogP contribution in [0.2, 0.25) is 0 Å². The molecule has 4 rings (SSSR count). The molecule has 0 fully saturated rings. The zero-order valence-corrected chi connectivity index (χ0v) is 15.0. The second kappa shape index (κ2) is 7.03. The molecule has 28 heavy (non-hydrogen) atoms. The summed E-state index contributed by atoms with van der Waals surface area (Å²) in [6, 6.07) is 11.1. The number of rotatable bonds is 4. The SMILES string of the molecule is C[C@H]1CN(c2ccc(F)cc2)C(=O)c2cc(CNc3cccc(F)c3F)nn21. The Morgan fingerprint density at radius 3 is 2.64 bits per heavy atom. The van der Waals surface area contributed by atoms with Crippen molar-refractivity contribution < 1.29 is 18.0 Å². The molecule has 1 amide bonds. The van der Waals surface area contributed by atoms with Crippen LogP contribution in [0, 0.1) is 17.5 Å². The van der Waals surface area contributed by atoms with E-state index in [1.54, 1.807) is 27.8 Å². The first-order valence-electron chi connectivity index (χ1n) is 8.78. The van der Waals surface area contributed by atoms with Crippen LogP contribution >= 0.6 is 0 Å². The number of halogens is 3.